The lowest BCUT2D eigenvalue weighted by molar-refractivity contribution is -0.139. The number of rotatable bonds is 10. The Morgan fingerprint density at radius 2 is 1.88 bits per heavy atom. The number of thioether (sulfide) groups is 1. The molecule has 2 amide bonds. The van der Waals surface area contributed by atoms with Crippen LogP contribution in [0.5, 0.6) is 5.75 Å². The highest BCUT2D eigenvalue weighted by atomic mass is 32.2. The lowest BCUT2D eigenvalue weighted by Crippen LogP contribution is -2.50. The molecule has 1 saturated carbocycles. The summed E-state index contributed by atoms with van der Waals surface area (Å²) in [6.07, 6.45) is 5.59. The first-order chi connectivity index (χ1) is 16.0. The van der Waals surface area contributed by atoms with E-state index in [-0.39, 0.29) is 17.9 Å². The van der Waals surface area contributed by atoms with Gasteiger partial charge in [-0.15, -0.1) is 11.8 Å². The summed E-state index contributed by atoms with van der Waals surface area (Å²) in [7, 11) is 1.63. The molecule has 0 aromatic heterocycles. The van der Waals surface area contributed by atoms with Gasteiger partial charge in [0.1, 0.15) is 11.8 Å². The number of nitrogens with one attached hydrogen (secondary N) is 1. The summed E-state index contributed by atoms with van der Waals surface area (Å²) < 4.78 is 5.34. The topological polar surface area (TPSA) is 58.6 Å². The average Bonchev–Trinajstić information content (AvgIpc) is 2.84. The van der Waals surface area contributed by atoms with Crippen LogP contribution >= 0.6 is 11.8 Å². The van der Waals surface area contributed by atoms with Gasteiger partial charge in [0.2, 0.25) is 11.8 Å². The normalized spacial score (nSPS) is 15.0. The van der Waals surface area contributed by atoms with Crippen molar-refractivity contribution in [1.82, 2.24) is 10.2 Å². The van der Waals surface area contributed by atoms with Gasteiger partial charge < -0.3 is 15.0 Å². The predicted molar refractivity (Wildman–Crippen MR) is 135 cm³/mol. The number of amides is 2. The lowest BCUT2D eigenvalue weighted by Gasteiger charge is -2.31. The van der Waals surface area contributed by atoms with Crippen molar-refractivity contribution in [3.05, 3.63) is 65.2 Å². The number of nitrogens with zero attached hydrogens (tertiary/aromatic N) is 1. The van der Waals surface area contributed by atoms with E-state index in [1.54, 1.807) is 23.8 Å². The van der Waals surface area contributed by atoms with Gasteiger partial charge in [-0.05, 0) is 55.5 Å². The standard InChI is InChI=1S/C27H36N2O3S/c1-20-10-7-8-12-23(20)18-33-19-26(30)29(17-22-11-9-15-25(16-22)32-3)21(2)27(31)28-24-13-5-4-6-14-24/h7-12,15-16,21,24H,4-6,13-14,17-19H2,1-3H3,(H,28,31). The van der Waals surface area contributed by atoms with Gasteiger partial charge in [0.15, 0.2) is 0 Å². The molecule has 0 spiro atoms. The summed E-state index contributed by atoms with van der Waals surface area (Å²) in [5.74, 6) is 1.76. The average molecular weight is 469 g/mol. The fraction of sp³-hybridized carbons (Fsp3) is 0.481. The summed E-state index contributed by atoms with van der Waals surface area (Å²) in [5, 5.41) is 3.19. The zero-order valence-electron chi connectivity index (χ0n) is 20.0. The van der Waals surface area contributed by atoms with Crippen molar-refractivity contribution in [1.29, 1.82) is 0 Å². The molecule has 3 rings (SSSR count). The van der Waals surface area contributed by atoms with Crippen LogP contribution in [0.1, 0.15) is 55.7 Å². The highest BCUT2D eigenvalue weighted by Crippen LogP contribution is 2.21. The van der Waals surface area contributed by atoms with Gasteiger partial charge in [-0.25, -0.2) is 0 Å². The molecule has 0 bridgehead atoms. The summed E-state index contributed by atoms with van der Waals surface area (Å²) in [6.45, 7) is 4.30. The molecule has 178 valence electrons. The predicted octanol–water partition coefficient (Wildman–Crippen LogP) is 5.10. The van der Waals surface area contributed by atoms with Crippen LogP contribution in [0.4, 0.5) is 0 Å². The van der Waals surface area contributed by atoms with Gasteiger partial charge in [0.25, 0.3) is 0 Å². The molecule has 1 atom stereocenters. The van der Waals surface area contributed by atoms with Crippen molar-refractivity contribution in [2.75, 3.05) is 12.9 Å². The van der Waals surface area contributed by atoms with Gasteiger partial charge in [-0.1, -0.05) is 55.7 Å². The van der Waals surface area contributed by atoms with E-state index in [9.17, 15) is 9.59 Å². The first kappa shape index (κ1) is 25.2. The Labute approximate surface area is 202 Å². The molecule has 5 nitrogen and oxygen atoms in total. The number of aryl methyl sites for hydroxylation is 1. The number of carbonyl (C=O) groups is 2. The highest BCUT2D eigenvalue weighted by molar-refractivity contribution is 7.99. The van der Waals surface area contributed by atoms with E-state index >= 15 is 0 Å². The third kappa shape index (κ3) is 7.53. The van der Waals surface area contributed by atoms with Crippen LogP contribution in [0.3, 0.4) is 0 Å². The van der Waals surface area contributed by atoms with Crippen molar-refractivity contribution in [3.8, 4) is 5.75 Å². The largest absolute Gasteiger partial charge is 0.497 e. The molecule has 1 aliphatic carbocycles. The fourth-order valence-electron chi connectivity index (χ4n) is 4.22. The molecule has 0 aliphatic heterocycles. The summed E-state index contributed by atoms with van der Waals surface area (Å²) in [5.41, 5.74) is 3.41. The SMILES string of the molecule is COc1cccc(CN(C(=O)CSCc2ccccc2C)C(C)C(=O)NC2CCCCC2)c1. The maximum Gasteiger partial charge on any atom is 0.242 e. The molecule has 0 heterocycles. The van der Waals surface area contributed by atoms with E-state index < -0.39 is 6.04 Å². The second kappa shape index (κ2) is 12.7. The number of carbonyl (C=O) groups excluding carboxylic acids is 2. The molecule has 0 radical (unpaired) electrons. The molecular weight excluding hydrogens is 432 g/mol. The van der Waals surface area contributed by atoms with Gasteiger partial charge >= 0.3 is 0 Å². The van der Waals surface area contributed by atoms with E-state index in [1.165, 1.54) is 17.5 Å². The number of methoxy groups -OCH3 is 1. The second-order valence-corrected chi connectivity index (χ2v) is 9.80. The third-order valence-electron chi connectivity index (χ3n) is 6.35. The van der Waals surface area contributed by atoms with E-state index in [0.29, 0.717) is 12.3 Å². The molecule has 2 aromatic rings. The molecule has 2 aromatic carbocycles. The van der Waals surface area contributed by atoms with E-state index in [0.717, 1.165) is 42.7 Å². The minimum absolute atomic E-state index is 0.0253. The minimum atomic E-state index is -0.537. The Kier molecular flexibility index (Phi) is 9.67. The van der Waals surface area contributed by atoms with Crippen molar-refractivity contribution in [3.63, 3.8) is 0 Å². The zero-order valence-corrected chi connectivity index (χ0v) is 20.8. The Hall–Kier alpha value is -2.47. The maximum atomic E-state index is 13.3. The fourth-order valence-corrected chi connectivity index (χ4v) is 5.21. The maximum absolute atomic E-state index is 13.3. The molecule has 6 heteroatoms. The van der Waals surface area contributed by atoms with Crippen molar-refractivity contribution in [2.24, 2.45) is 0 Å². The Bertz CT molecular complexity index is 927. The Balaban J connectivity index is 1.68. The molecular formula is C27H36N2O3S. The number of ether oxygens (including phenoxy) is 1. The Morgan fingerprint density at radius 1 is 1.12 bits per heavy atom. The van der Waals surface area contributed by atoms with Gasteiger partial charge in [0.05, 0.1) is 12.9 Å². The highest BCUT2D eigenvalue weighted by Gasteiger charge is 2.28. The number of hydrogen-bond donors (Lipinski definition) is 1. The van der Waals surface area contributed by atoms with E-state index in [4.69, 9.17) is 4.74 Å². The van der Waals surface area contributed by atoms with Crippen molar-refractivity contribution >= 4 is 23.6 Å². The minimum Gasteiger partial charge on any atom is -0.497 e. The number of benzene rings is 2. The van der Waals surface area contributed by atoms with Crippen LogP contribution in [-0.4, -0.2) is 41.7 Å². The molecule has 1 N–H and O–H groups in total. The summed E-state index contributed by atoms with van der Waals surface area (Å²) >= 11 is 1.59. The van der Waals surface area contributed by atoms with Crippen LogP contribution in [-0.2, 0) is 21.9 Å². The summed E-state index contributed by atoms with van der Waals surface area (Å²) in [6, 6.07) is 15.6. The Morgan fingerprint density at radius 3 is 2.61 bits per heavy atom. The quantitative estimate of drug-likeness (QED) is 0.527. The molecule has 1 fully saturated rings. The third-order valence-corrected chi connectivity index (χ3v) is 7.32. The number of hydrogen-bond acceptors (Lipinski definition) is 4. The molecule has 1 aliphatic rings. The van der Waals surface area contributed by atoms with Gasteiger partial charge in [-0.3, -0.25) is 9.59 Å². The van der Waals surface area contributed by atoms with Crippen LogP contribution in [0.2, 0.25) is 0 Å². The van der Waals surface area contributed by atoms with Crippen LogP contribution in [0.15, 0.2) is 48.5 Å². The monoisotopic (exact) mass is 468 g/mol. The van der Waals surface area contributed by atoms with Crippen LogP contribution in [0, 0.1) is 6.92 Å². The van der Waals surface area contributed by atoms with Crippen LogP contribution < -0.4 is 10.1 Å². The van der Waals surface area contributed by atoms with Crippen molar-refractivity contribution in [2.45, 2.75) is 70.3 Å². The van der Waals surface area contributed by atoms with E-state index in [1.807, 2.05) is 43.3 Å². The molecule has 0 saturated heterocycles. The van der Waals surface area contributed by atoms with Crippen LogP contribution in [0.25, 0.3) is 0 Å². The first-order valence-corrected chi connectivity index (χ1v) is 13.0. The summed E-state index contributed by atoms with van der Waals surface area (Å²) in [4.78, 5) is 28.1. The molecule has 1 unspecified atom stereocenters. The lowest BCUT2D eigenvalue weighted by atomic mass is 9.95. The molecule has 33 heavy (non-hydrogen) atoms. The smallest absolute Gasteiger partial charge is 0.242 e. The van der Waals surface area contributed by atoms with E-state index in [2.05, 4.69) is 24.4 Å². The zero-order chi connectivity index (χ0) is 23.6. The first-order valence-electron chi connectivity index (χ1n) is 11.8. The van der Waals surface area contributed by atoms with Crippen molar-refractivity contribution < 1.29 is 14.3 Å². The van der Waals surface area contributed by atoms with Gasteiger partial charge in [-0.2, -0.15) is 0 Å². The van der Waals surface area contributed by atoms with Gasteiger partial charge in [0, 0.05) is 18.3 Å². The second-order valence-electron chi connectivity index (χ2n) is 8.81.